The molecule has 0 N–H and O–H groups in total. The second-order valence-electron chi connectivity index (χ2n) is 10.6. The van der Waals surface area contributed by atoms with Gasteiger partial charge in [0, 0.05) is 16.6 Å². The van der Waals surface area contributed by atoms with Crippen molar-refractivity contribution < 1.29 is 14.4 Å². The maximum absolute atomic E-state index is 13.6. The van der Waals surface area contributed by atoms with Gasteiger partial charge in [-0.05, 0) is 45.4 Å². The summed E-state index contributed by atoms with van der Waals surface area (Å²) in [5, 5.41) is 0. The van der Waals surface area contributed by atoms with Gasteiger partial charge in [0.1, 0.15) is 6.04 Å². The van der Waals surface area contributed by atoms with Crippen LogP contribution in [0.2, 0.25) is 0 Å². The van der Waals surface area contributed by atoms with Crippen LogP contribution < -0.4 is 4.90 Å². The van der Waals surface area contributed by atoms with Gasteiger partial charge in [-0.3, -0.25) is 19.3 Å². The van der Waals surface area contributed by atoms with E-state index in [2.05, 4.69) is 6.07 Å². The Hall–Kier alpha value is -2.43. The number of carbonyl (C=O) groups excluding carboxylic acids is 3. The van der Waals surface area contributed by atoms with E-state index in [9.17, 15) is 14.4 Å². The van der Waals surface area contributed by atoms with E-state index in [1.807, 2.05) is 77.7 Å². The Morgan fingerprint density at radius 3 is 2.17 bits per heavy atom. The van der Waals surface area contributed by atoms with E-state index in [0.29, 0.717) is 0 Å². The molecule has 5 heteroatoms. The lowest BCUT2D eigenvalue weighted by Gasteiger charge is -2.40. The van der Waals surface area contributed by atoms with E-state index < -0.39 is 28.8 Å². The Kier molecular flexibility index (Phi) is 4.14. The van der Waals surface area contributed by atoms with Crippen molar-refractivity contribution >= 4 is 29.4 Å². The first-order chi connectivity index (χ1) is 13.3. The molecule has 29 heavy (non-hydrogen) atoms. The number of carbonyl (C=O) groups is 3. The summed E-state index contributed by atoms with van der Waals surface area (Å²) in [5.74, 6) is -1.54. The van der Waals surface area contributed by atoms with Crippen LogP contribution in [-0.4, -0.2) is 40.1 Å². The summed E-state index contributed by atoms with van der Waals surface area (Å²) >= 11 is 0. The fourth-order valence-corrected chi connectivity index (χ4v) is 5.10. The third-order valence-corrected chi connectivity index (χ3v) is 6.34. The normalized spacial score (nSPS) is 28.5. The zero-order chi connectivity index (χ0) is 21.5. The molecule has 154 valence electrons. The quantitative estimate of drug-likeness (QED) is 0.683. The Bertz CT molecular complexity index is 948. The van der Waals surface area contributed by atoms with Crippen molar-refractivity contribution in [2.75, 3.05) is 4.90 Å². The second kappa shape index (κ2) is 6.04. The van der Waals surface area contributed by atoms with Gasteiger partial charge >= 0.3 is 0 Å². The number of Topliss-reactive ketones (excluding diaryl/α,β-unsaturated/α-hetero) is 1. The van der Waals surface area contributed by atoms with Crippen molar-refractivity contribution in [2.45, 2.75) is 66.1 Å². The summed E-state index contributed by atoms with van der Waals surface area (Å²) in [6.07, 6.45) is 4.04. The summed E-state index contributed by atoms with van der Waals surface area (Å²) in [7, 11) is 0. The monoisotopic (exact) mass is 394 g/mol. The molecule has 2 fully saturated rings. The van der Waals surface area contributed by atoms with Crippen LogP contribution in [0.5, 0.6) is 0 Å². The average molecular weight is 395 g/mol. The molecule has 4 atom stereocenters. The SMILES string of the molecule is Cc1ccc2c(c1)C=C[C@@H]1[C@@H]3C(=O)N(C(C)(C)C)C(=O)[C@@H]3[C@@H](C(=O)C(C)(C)C)N21. The largest absolute Gasteiger partial charge is 0.353 e. The number of rotatable bonds is 1. The Balaban J connectivity index is 1.90. The molecular weight excluding hydrogens is 364 g/mol. The zero-order valence-electron chi connectivity index (χ0n) is 18.3. The van der Waals surface area contributed by atoms with Crippen LogP contribution in [0.25, 0.3) is 6.08 Å². The molecule has 4 rings (SSSR count). The van der Waals surface area contributed by atoms with E-state index in [0.717, 1.165) is 16.8 Å². The molecule has 0 bridgehead atoms. The fourth-order valence-electron chi connectivity index (χ4n) is 5.10. The summed E-state index contributed by atoms with van der Waals surface area (Å²) in [6, 6.07) is 5.20. The molecular formula is C24H30N2O3. The lowest BCUT2D eigenvalue weighted by molar-refractivity contribution is -0.146. The Labute approximate surface area is 172 Å². The van der Waals surface area contributed by atoms with E-state index >= 15 is 0 Å². The van der Waals surface area contributed by atoms with Crippen molar-refractivity contribution in [3.8, 4) is 0 Å². The van der Waals surface area contributed by atoms with Crippen LogP contribution in [0.3, 0.4) is 0 Å². The smallest absolute Gasteiger partial charge is 0.236 e. The number of aryl methyl sites for hydroxylation is 1. The zero-order valence-corrected chi connectivity index (χ0v) is 18.3. The summed E-state index contributed by atoms with van der Waals surface area (Å²) < 4.78 is 0. The van der Waals surface area contributed by atoms with Crippen molar-refractivity contribution in [1.82, 2.24) is 4.90 Å². The number of imide groups is 1. The van der Waals surface area contributed by atoms with Crippen molar-refractivity contribution in [3.05, 3.63) is 35.4 Å². The molecule has 2 amide bonds. The summed E-state index contributed by atoms with van der Waals surface area (Å²) in [6.45, 7) is 13.3. The molecule has 0 aliphatic carbocycles. The van der Waals surface area contributed by atoms with Gasteiger partial charge in [-0.2, -0.15) is 0 Å². The maximum Gasteiger partial charge on any atom is 0.236 e. The van der Waals surface area contributed by atoms with Crippen LogP contribution in [0, 0.1) is 24.2 Å². The number of anilines is 1. The first kappa shape index (κ1) is 19.9. The molecule has 0 radical (unpaired) electrons. The average Bonchev–Trinajstić information content (AvgIpc) is 3.06. The third-order valence-electron chi connectivity index (χ3n) is 6.34. The van der Waals surface area contributed by atoms with Gasteiger partial charge in [-0.1, -0.05) is 44.6 Å². The van der Waals surface area contributed by atoms with E-state index in [1.165, 1.54) is 4.90 Å². The van der Waals surface area contributed by atoms with Gasteiger partial charge in [0.25, 0.3) is 0 Å². The highest BCUT2D eigenvalue weighted by molar-refractivity contribution is 6.12. The van der Waals surface area contributed by atoms with Crippen molar-refractivity contribution in [1.29, 1.82) is 0 Å². The second-order valence-corrected chi connectivity index (χ2v) is 10.6. The third kappa shape index (κ3) is 2.77. The minimum absolute atomic E-state index is 0.00809. The Morgan fingerprint density at radius 1 is 0.966 bits per heavy atom. The number of nitrogens with zero attached hydrogens (tertiary/aromatic N) is 2. The molecule has 0 aromatic heterocycles. The van der Waals surface area contributed by atoms with Crippen LogP contribution >= 0.6 is 0 Å². The number of amides is 2. The highest BCUT2D eigenvalue weighted by Gasteiger charge is 2.65. The van der Waals surface area contributed by atoms with Crippen LogP contribution in [0.15, 0.2) is 24.3 Å². The summed E-state index contributed by atoms with van der Waals surface area (Å²) in [4.78, 5) is 44.0. The molecule has 2 saturated heterocycles. The molecule has 3 aliphatic heterocycles. The van der Waals surface area contributed by atoms with Gasteiger partial charge in [0.05, 0.1) is 17.9 Å². The van der Waals surface area contributed by atoms with Gasteiger partial charge in [0.15, 0.2) is 5.78 Å². The van der Waals surface area contributed by atoms with Gasteiger partial charge in [-0.15, -0.1) is 0 Å². The van der Waals surface area contributed by atoms with Crippen molar-refractivity contribution in [3.63, 3.8) is 0 Å². The number of hydrogen-bond donors (Lipinski definition) is 0. The highest BCUT2D eigenvalue weighted by atomic mass is 16.2. The minimum atomic E-state index is -0.643. The Morgan fingerprint density at radius 2 is 1.59 bits per heavy atom. The molecule has 3 heterocycles. The molecule has 5 nitrogen and oxygen atoms in total. The first-order valence-corrected chi connectivity index (χ1v) is 10.3. The predicted octanol–water partition coefficient (Wildman–Crippen LogP) is 3.59. The van der Waals surface area contributed by atoms with Gasteiger partial charge in [-0.25, -0.2) is 0 Å². The highest BCUT2D eigenvalue weighted by Crippen LogP contribution is 2.50. The van der Waals surface area contributed by atoms with E-state index in [1.54, 1.807) is 0 Å². The van der Waals surface area contributed by atoms with Gasteiger partial charge < -0.3 is 4.90 Å². The number of benzene rings is 1. The molecule has 0 spiro atoms. The van der Waals surface area contributed by atoms with Crippen LogP contribution in [0.4, 0.5) is 5.69 Å². The van der Waals surface area contributed by atoms with E-state index in [4.69, 9.17) is 0 Å². The lowest BCUT2D eigenvalue weighted by atomic mass is 9.79. The van der Waals surface area contributed by atoms with Crippen LogP contribution in [-0.2, 0) is 14.4 Å². The molecule has 3 aliphatic rings. The summed E-state index contributed by atoms with van der Waals surface area (Å²) in [5.41, 5.74) is 1.88. The standard InChI is InChI=1S/C24H30N2O3/c1-13-8-10-15-14(12-13)9-11-16-17-18(19(25(15)16)20(27)23(2,3)4)22(29)26(21(17)28)24(5,6)7/h8-12,16-19H,1-7H3/t16-,17+,18+,19+/m1/s1. The minimum Gasteiger partial charge on any atom is -0.353 e. The fraction of sp³-hybridized carbons (Fsp3) is 0.542. The number of ketones is 1. The predicted molar refractivity (Wildman–Crippen MR) is 113 cm³/mol. The number of hydrogen-bond acceptors (Lipinski definition) is 4. The molecule has 1 aromatic carbocycles. The molecule has 1 aromatic rings. The maximum atomic E-state index is 13.6. The molecule has 0 saturated carbocycles. The van der Waals surface area contributed by atoms with E-state index in [-0.39, 0.29) is 23.6 Å². The number of likely N-dealkylation sites (tertiary alicyclic amines) is 1. The topological polar surface area (TPSA) is 57.7 Å². The van der Waals surface area contributed by atoms with Crippen molar-refractivity contribution in [2.24, 2.45) is 17.3 Å². The van der Waals surface area contributed by atoms with Crippen LogP contribution in [0.1, 0.15) is 52.7 Å². The van der Waals surface area contributed by atoms with Gasteiger partial charge in [0.2, 0.25) is 11.8 Å². The number of fused-ring (bicyclic) bond motifs is 5. The lowest BCUT2D eigenvalue weighted by Crippen LogP contribution is -2.54. The molecule has 0 unspecified atom stereocenters. The first-order valence-electron chi connectivity index (χ1n) is 10.3.